The highest BCUT2D eigenvalue weighted by Crippen LogP contribution is 2.38. The third-order valence-corrected chi connectivity index (χ3v) is 6.04. The first-order chi connectivity index (χ1) is 14.2. The molecule has 1 heterocycles. The summed E-state index contributed by atoms with van der Waals surface area (Å²) in [5, 5.41) is 5.85. The third-order valence-electron chi connectivity index (χ3n) is 6.04. The molecule has 1 aromatic carbocycles. The predicted octanol–water partition coefficient (Wildman–Crippen LogP) is 2.34. The number of nitrogens with one attached hydrogen (secondary N) is 2. The molecule has 1 aromatic rings. The summed E-state index contributed by atoms with van der Waals surface area (Å²) in [5.74, 6) is 0.612. The van der Waals surface area contributed by atoms with Crippen LogP contribution in [0.15, 0.2) is 24.3 Å². The normalized spacial score (nSPS) is 21.6. The van der Waals surface area contributed by atoms with Crippen molar-refractivity contribution in [3.05, 3.63) is 29.8 Å². The molecule has 2 fully saturated rings. The number of piperidine rings is 1. The van der Waals surface area contributed by atoms with Gasteiger partial charge in [-0.25, -0.2) is 0 Å². The van der Waals surface area contributed by atoms with E-state index < -0.39 is 0 Å². The molecule has 0 aromatic heterocycles. The summed E-state index contributed by atoms with van der Waals surface area (Å²) >= 11 is 0. The van der Waals surface area contributed by atoms with E-state index in [0.29, 0.717) is 36.8 Å². The Balaban J connectivity index is 1.51. The first-order valence-electron chi connectivity index (χ1n) is 10.9. The van der Waals surface area contributed by atoms with Gasteiger partial charge in [0, 0.05) is 42.3 Å². The van der Waals surface area contributed by atoms with Crippen LogP contribution in [0.25, 0.3) is 0 Å². The minimum atomic E-state index is -0.00968. The standard InChI is InChI=1S/C23H34N4O3/c1-15(2)24-21(28)14-26(4)19-8-10-27(11-9-19)23(30)17-6-5-7-18(13-17)25-22(29)20-12-16(20)3/h5-7,13,15-16,19-20H,8-12,14H2,1-4H3,(H,24,28)(H,25,29)/t16-,20+/m1/s1. The average molecular weight is 415 g/mol. The fourth-order valence-corrected chi connectivity index (χ4v) is 4.07. The van der Waals surface area contributed by atoms with Crippen LogP contribution in [0.5, 0.6) is 0 Å². The monoisotopic (exact) mass is 414 g/mol. The van der Waals surface area contributed by atoms with Gasteiger partial charge >= 0.3 is 0 Å². The lowest BCUT2D eigenvalue weighted by Crippen LogP contribution is -2.48. The molecule has 7 nitrogen and oxygen atoms in total. The molecule has 2 atom stereocenters. The van der Waals surface area contributed by atoms with Crippen LogP contribution >= 0.6 is 0 Å². The largest absolute Gasteiger partial charge is 0.353 e. The maximum Gasteiger partial charge on any atom is 0.253 e. The lowest BCUT2D eigenvalue weighted by molar-refractivity contribution is -0.123. The van der Waals surface area contributed by atoms with E-state index in [2.05, 4.69) is 22.5 Å². The summed E-state index contributed by atoms with van der Waals surface area (Å²) in [6, 6.07) is 7.63. The van der Waals surface area contributed by atoms with Gasteiger partial charge in [0.2, 0.25) is 11.8 Å². The molecule has 1 aliphatic heterocycles. The molecule has 30 heavy (non-hydrogen) atoms. The second-order valence-corrected chi connectivity index (χ2v) is 9.05. The molecular formula is C23H34N4O3. The molecular weight excluding hydrogens is 380 g/mol. The van der Waals surface area contributed by atoms with Crippen molar-refractivity contribution >= 4 is 23.4 Å². The van der Waals surface area contributed by atoms with Crippen molar-refractivity contribution in [2.24, 2.45) is 11.8 Å². The van der Waals surface area contributed by atoms with Gasteiger partial charge in [0.05, 0.1) is 6.54 Å². The van der Waals surface area contributed by atoms with Crippen molar-refractivity contribution in [3.63, 3.8) is 0 Å². The molecule has 0 radical (unpaired) electrons. The molecule has 0 unspecified atom stereocenters. The van der Waals surface area contributed by atoms with E-state index in [-0.39, 0.29) is 35.7 Å². The minimum Gasteiger partial charge on any atom is -0.353 e. The van der Waals surface area contributed by atoms with Crippen LogP contribution in [-0.4, -0.2) is 66.3 Å². The van der Waals surface area contributed by atoms with E-state index in [1.54, 1.807) is 12.1 Å². The number of likely N-dealkylation sites (tertiary alicyclic amines) is 1. The Hall–Kier alpha value is -2.41. The van der Waals surface area contributed by atoms with Crippen molar-refractivity contribution in [2.75, 3.05) is 32.0 Å². The molecule has 1 saturated heterocycles. The summed E-state index contributed by atoms with van der Waals surface area (Å²) in [7, 11) is 1.97. The quantitative estimate of drug-likeness (QED) is 0.718. The highest BCUT2D eigenvalue weighted by atomic mass is 16.2. The second-order valence-electron chi connectivity index (χ2n) is 9.05. The SMILES string of the molecule is CC(C)NC(=O)CN(C)C1CCN(C(=O)c2cccc(NC(=O)[C@H]3C[C@H]3C)c2)CC1. The zero-order valence-electron chi connectivity index (χ0n) is 18.5. The molecule has 164 valence electrons. The highest BCUT2D eigenvalue weighted by molar-refractivity contribution is 5.98. The van der Waals surface area contributed by atoms with Gasteiger partial charge in [-0.2, -0.15) is 0 Å². The Morgan fingerprint density at radius 2 is 1.87 bits per heavy atom. The van der Waals surface area contributed by atoms with Crippen molar-refractivity contribution in [3.8, 4) is 0 Å². The molecule has 2 N–H and O–H groups in total. The maximum absolute atomic E-state index is 12.9. The summed E-state index contributed by atoms with van der Waals surface area (Å²) in [4.78, 5) is 41.0. The Labute approximate surface area is 179 Å². The number of hydrogen-bond donors (Lipinski definition) is 2. The van der Waals surface area contributed by atoms with Crippen molar-refractivity contribution in [1.82, 2.24) is 15.1 Å². The van der Waals surface area contributed by atoms with Crippen LogP contribution in [0.2, 0.25) is 0 Å². The topological polar surface area (TPSA) is 81.8 Å². The minimum absolute atomic E-state index is 0.00968. The lowest BCUT2D eigenvalue weighted by atomic mass is 10.0. The van der Waals surface area contributed by atoms with E-state index in [4.69, 9.17) is 0 Å². The van der Waals surface area contributed by atoms with E-state index >= 15 is 0 Å². The number of carbonyl (C=O) groups excluding carboxylic acids is 3. The Morgan fingerprint density at radius 1 is 1.20 bits per heavy atom. The number of hydrogen-bond acceptors (Lipinski definition) is 4. The van der Waals surface area contributed by atoms with Crippen LogP contribution in [0.3, 0.4) is 0 Å². The van der Waals surface area contributed by atoms with Gasteiger partial charge in [-0.3, -0.25) is 19.3 Å². The van der Waals surface area contributed by atoms with Crippen LogP contribution in [-0.2, 0) is 9.59 Å². The van der Waals surface area contributed by atoms with Gasteiger partial charge in [-0.05, 0) is 64.3 Å². The van der Waals surface area contributed by atoms with Crippen LogP contribution in [0.1, 0.15) is 50.4 Å². The predicted molar refractivity (Wildman–Crippen MR) is 117 cm³/mol. The Morgan fingerprint density at radius 3 is 2.47 bits per heavy atom. The average Bonchev–Trinajstić information content (AvgIpc) is 3.44. The van der Waals surface area contributed by atoms with E-state index in [9.17, 15) is 14.4 Å². The lowest BCUT2D eigenvalue weighted by Gasteiger charge is -2.36. The van der Waals surface area contributed by atoms with E-state index in [1.165, 1.54) is 0 Å². The van der Waals surface area contributed by atoms with Crippen molar-refractivity contribution < 1.29 is 14.4 Å². The van der Waals surface area contributed by atoms with Gasteiger partial charge in [-0.15, -0.1) is 0 Å². The van der Waals surface area contributed by atoms with Gasteiger partial charge in [0.25, 0.3) is 5.91 Å². The van der Waals surface area contributed by atoms with E-state index in [1.807, 2.05) is 37.9 Å². The van der Waals surface area contributed by atoms with Gasteiger partial charge in [0.15, 0.2) is 0 Å². The molecule has 0 spiro atoms. The zero-order chi connectivity index (χ0) is 21.8. The Bertz CT molecular complexity index is 786. The molecule has 2 aliphatic rings. The number of nitrogens with zero attached hydrogens (tertiary/aromatic N) is 2. The molecule has 0 bridgehead atoms. The molecule has 3 amide bonds. The molecule has 1 saturated carbocycles. The van der Waals surface area contributed by atoms with Gasteiger partial charge in [-0.1, -0.05) is 13.0 Å². The second kappa shape index (κ2) is 9.60. The smallest absolute Gasteiger partial charge is 0.253 e. The maximum atomic E-state index is 12.9. The summed E-state index contributed by atoms with van der Waals surface area (Å²) in [5.41, 5.74) is 1.27. The number of carbonyl (C=O) groups is 3. The number of anilines is 1. The van der Waals surface area contributed by atoms with Crippen molar-refractivity contribution in [2.45, 2.75) is 52.1 Å². The van der Waals surface area contributed by atoms with Crippen LogP contribution in [0, 0.1) is 11.8 Å². The molecule has 3 rings (SSSR count). The molecule has 7 heteroatoms. The first kappa shape index (κ1) is 22.3. The third kappa shape index (κ3) is 5.81. The zero-order valence-corrected chi connectivity index (χ0v) is 18.5. The number of rotatable bonds is 7. The van der Waals surface area contributed by atoms with E-state index in [0.717, 1.165) is 19.3 Å². The summed E-state index contributed by atoms with van der Waals surface area (Å²) in [6.45, 7) is 7.68. The highest BCUT2D eigenvalue weighted by Gasteiger charge is 2.39. The van der Waals surface area contributed by atoms with Gasteiger partial charge in [0.1, 0.15) is 0 Å². The number of amides is 3. The molecule has 1 aliphatic carbocycles. The van der Waals surface area contributed by atoms with Gasteiger partial charge < -0.3 is 15.5 Å². The fourth-order valence-electron chi connectivity index (χ4n) is 4.07. The number of likely N-dealkylation sites (N-methyl/N-ethyl adjacent to an activating group) is 1. The fraction of sp³-hybridized carbons (Fsp3) is 0.609. The first-order valence-corrected chi connectivity index (χ1v) is 10.9. The van der Waals surface area contributed by atoms with Crippen LogP contribution < -0.4 is 10.6 Å². The summed E-state index contributed by atoms with van der Waals surface area (Å²) in [6.07, 6.45) is 2.62. The van der Waals surface area contributed by atoms with Crippen molar-refractivity contribution in [1.29, 1.82) is 0 Å². The summed E-state index contributed by atoms with van der Waals surface area (Å²) < 4.78 is 0. The van der Waals surface area contributed by atoms with Crippen LogP contribution in [0.4, 0.5) is 5.69 Å². The Kier molecular flexibility index (Phi) is 7.13. The number of benzene rings is 1.